The molecule has 14 heteroatoms. The minimum Gasteiger partial charge on any atom is -0.478 e. The van der Waals surface area contributed by atoms with Gasteiger partial charge in [-0.1, -0.05) is 0 Å². The van der Waals surface area contributed by atoms with E-state index in [1.54, 1.807) is 4.72 Å². The molecule has 0 aliphatic heterocycles. The average molecular weight is 389 g/mol. The number of aromatic carboxylic acids is 1. The predicted octanol–water partition coefficient (Wildman–Crippen LogP) is 0.159. The van der Waals surface area contributed by atoms with Gasteiger partial charge in [-0.3, -0.25) is 5.32 Å². The molecule has 0 aliphatic carbocycles. The number of carboxylic acid groups (broad SMARTS) is 1. The zero-order valence-corrected chi connectivity index (χ0v) is 14.3. The van der Waals surface area contributed by atoms with Gasteiger partial charge in [0.1, 0.15) is 4.90 Å². The summed E-state index contributed by atoms with van der Waals surface area (Å²) in [6.07, 6.45) is 0. The van der Waals surface area contributed by atoms with Crippen LogP contribution in [0.2, 0.25) is 0 Å². The van der Waals surface area contributed by atoms with Crippen LogP contribution in [0.4, 0.5) is 10.7 Å². The summed E-state index contributed by atoms with van der Waals surface area (Å²) in [5, 5.41) is 13.3. The number of ether oxygens (including phenoxy) is 2. The molecule has 0 aromatic carbocycles. The lowest BCUT2D eigenvalue weighted by Crippen LogP contribution is -2.35. The van der Waals surface area contributed by atoms with Gasteiger partial charge in [-0.25, -0.2) is 22.7 Å². The van der Waals surface area contributed by atoms with Crippen molar-refractivity contribution in [2.75, 3.05) is 19.5 Å². The number of hydrogen-bond donors (Lipinski definition) is 3. The third-order valence-electron chi connectivity index (χ3n) is 2.56. The normalized spacial score (nSPS) is 10.8. The number of urea groups is 1. The average Bonchev–Trinajstić information content (AvgIpc) is 3.04. The van der Waals surface area contributed by atoms with Crippen LogP contribution in [0.15, 0.2) is 15.7 Å². The molecule has 2 amide bonds. The van der Waals surface area contributed by atoms with Crippen molar-refractivity contribution >= 4 is 39.3 Å². The van der Waals surface area contributed by atoms with Gasteiger partial charge in [-0.2, -0.15) is 21.3 Å². The van der Waals surface area contributed by atoms with E-state index in [9.17, 15) is 18.0 Å². The van der Waals surface area contributed by atoms with Crippen molar-refractivity contribution in [2.24, 2.45) is 0 Å². The molecule has 0 unspecified atom stereocenters. The van der Waals surface area contributed by atoms with Crippen molar-refractivity contribution in [1.82, 2.24) is 19.7 Å². The number of carboxylic acids is 1. The molecule has 0 aliphatic rings. The van der Waals surface area contributed by atoms with E-state index in [0.29, 0.717) is 0 Å². The number of nitrogens with zero attached hydrogens (tertiary/aromatic N) is 3. The maximum Gasteiger partial charge on any atom is 0.337 e. The highest BCUT2D eigenvalue weighted by Crippen LogP contribution is 2.20. The summed E-state index contributed by atoms with van der Waals surface area (Å²) in [5.74, 6) is -1.77. The van der Waals surface area contributed by atoms with Crippen LogP contribution in [0.25, 0.3) is 0 Å². The highest BCUT2D eigenvalue weighted by molar-refractivity contribution is 7.90. The van der Waals surface area contributed by atoms with E-state index in [1.807, 2.05) is 0 Å². The molecular weight excluding hydrogens is 378 g/mol. The fraction of sp³-hybridized carbons (Fsp3) is 0.182. The number of rotatable bonds is 6. The van der Waals surface area contributed by atoms with E-state index in [2.05, 4.69) is 20.3 Å². The summed E-state index contributed by atoms with van der Waals surface area (Å²) in [6.45, 7) is 0. The Morgan fingerprint density at radius 3 is 2.24 bits per heavy atom. The fourth-order valence-electron chi connectivity index (χ4n) is 1.53. The second-order valence-corrected chi connectivity index (χ2v) is 6.54. The Bertz CT molecular complexity index is 889. The van der Waals surface area contributed by atoms with E-state index < -0.39 is 32.5 Å². The van der Waals surface area contributed by atoms with Crippen LogP contribution in [-0.2, 0) is 10.0 Å². The zero-order valence-electron chi connectivity index (χ0n) is 12.7. The van der Waals surface area contributed by atoms with Crippen molar-refractivity contribution in [2.45, 2.75) is 4.90 Å². The molecular formula is C11H11N5O7S2. The Hall–Kier alpha value is -3.00. The van der Waals surface area contributed by atoms with Gasteiger partial charge in [0, 0.05) is 10.8 Å². The first-order valence-corrected chi connectivity index (χ1v) is 8.66. The number of amides is 2. The second-order valence-electron chi connectivity index (χ2n) is 4.15. The van der Waals surface area contributed by atoms with Gasteiger partial charge in [-0.15, -0.1) is 4.98 Å². The number of sulfonamides is 1. The topological polar surface area (TPSA) is 170 Å². The lowest BCUT2D eigenvalue weighted by molar-refractivity contribution is 0.0693. The Kier molecular flexibility index (Phi) is 5.33. The lowest BCUT2D eigenvalue weighted by atomic mass is 10.3. The lowest BCUT2D eigenvalue weighted by Gasteiger charge is -2.08. The minimum absolute atomic E-state index is 0.170. The highest BCUT2D eigenvalue weighted by Gasteiger charge is 2.25. The number of thiophene rings is 1. The summed E-state index contributed by atoms with van der Waals surface area (Å²) in [7, 11) is -1.87. The first-order valence-electron chi connectivity index (χ1n) is 6.24. The van der Waals surface area contributed by atoms with Gasteiger partial charge in [0.15, 0.2) is 0 Å². The van der Waals surface area contributed by atoms with Crippen LogP contribution < -0.4 is 19.5 Å². The van der Waals surface area contributed by atoms with Crippen molar-refractivity contribution in [1.29, 1.82) is 0 Å². The third-order valence-corrected chi connectivity index (χ3v) is 4.82. The summed E-state index contributed by atoms with van der Waals surface area (Å²) < 4.78 is 35.5. The number of aromatic nitrogens is 3. The van der Waals surface area contributed by atoms with Gasteiger partial charge in [0.05, 0.1) is 19.8 Å². The Morgan fingerprint density at radius 1 is 1.12 bits per heavy atom. The smallest absolute Gasteiger partial charge is 0.337 e. The number of anilines is 1. The van der Waals surface area contributed by atoms with E-state index >= 15 is 0 Å². The van der Waals surface area contributed by atoms with Crippen molar-refractivity contribution in [3.05, 3.63) is 16.3 Å². The van der Waals surface area contributed by atoms with Crippen LogP contribution >= 0.6 is 11.3 Å². The van der Waals surface area contributed by atoms with Crippen LogP contribution in [0.5, 0.6) is 12.0 Å². The van der Waals surface area contributed by atoms with Gasteiger partial charge < -0.3 is 14.6 Å². The molecule has 0 bridgehead atoms. The van der Waals surface area contributed by atoms with E-state index in [0.717, 1.165) is 22.1 Å². The number of nitrogens with one attached hydrogen (secondary N) is 2. The molecule has 134 valence electrons. The zero-order chi connectivity index (χ0) is 18.6. The summed E-state index contributed by atoms with van der Waals surface area (Å²) in [5.41, 5.74) is -0.450. The number of carbonyl (C=O) groups excluding carboxylic acids is 1. The molecule has 0 spiro atoms. The Morgan fingerprint density at radius 2 is 1.72 bits per heavy atom. The summed E-state index contributed by atoms with van der Waals surface area (Å²) >= 11 is 0.865. The molecule has 3 N–H and O–H groups in total. The van der Waals surface area contributed by atoms with Crippen molar-refractivity contribution < 1.29 is 32.6 Å². The molecule has 0 saturated heterocycles. The Labute approximate surface area is 144 Å². The van der Waals surface area contributed by atoms with Gasteiger partial charge in [0.2, 0.25) is 5.95 Å². The van der Waals surface area contributed by atoms with Gasteiger partial charge in [0.25, 0.3) is 10.0 Å². The fourth-order valence-corrected chi connectivity index (χ4v) is 3.80. The first-order chi connectivity index (χ1) is 11.8. The summed E-state index contributed by atoms with van der Waals surface area (Å²) in [4.78, 5) is 33.4. The quantitative estimate of drug-likeness (QED) is 0.618. The molecule has 2 aromatic rings. The minimum atomic E-state index is -4.41. The van der Waals surface area contributed by atoms with Crippen LogP contribution in [0.3, 0.4) is 0 Å². The predicted molar refractivity (Wildman–Crippen MR) is 83.5 cm³/mol. The van der Waals surface area contributed by atoms with E-state index in [1.165, 1.54) is 14.2 Å². The maximum atomic E-state index is 12.1. The van der Waals surface area contributed by atoms with Gasteiger partial charge >= 0.3 is 24.0 Å². The van der Waals surface area contributed by atoms with Crippen molar-refractivity contribution in [3.63, 3.8) is 0 Å². The molecule has 0 atom stereocenters. The molecule has 2 aromatic heterocycles. The largest absolute Gasteiger partial charge is 0.478 e. The highest BCUT2D eigenvalue weighted by atomic mass is 32.2. The van der Waals surface area contributed by atoms with Crippen LogP contribution in [-0.4, -0.2) is 54.7 Å². The Balaban J connectivity index is 2.19. The molecule has 2 rings (SSSR count). The monoisotopic (exact) mass is 389 g/mol. The van der Waals surface area contributed by atoms with Crippen LogP contribution in [0, 0.1) is 0 Å². The van der Waals surface area contributed by atoms with E-state index in [-0.39, 0.29) is 18.0 Å². The SMILES string of the molecule is COc1nc(NC(=O)NS(=O)(=O)c2cscc2C(=O)O)nc(OC)n1. The van der Waals surface area contributed by atoms with Gasteiger partial charge in [-0.05, 0) is 0 Å². The van der Waals surface area contributed by atoms with E-state index in [4.69, 9.17) is 14.6 Å². The number of carbonyl (C=O) groups is 2. The second kappa shape index (κ2) is 7.27. The molecule has 25 heavy (non-hydrogen) atoms. The molecule has 0 radical (unpaired) electrons. The maximum absolute atomic E-state index is 12.1. The van der Waals surface area contributed by atoms with Crippen LogP contribution in [0.1, 0.15) is 10.4 Å². The number of hydrogen-bond acceptors (Lipinski definition) is 10. The standard InChI is InChI=1S/C11H11N5O7S2/c1-22-10-13-8(14-11(15-10)23-2)12-9(19)16-25(20,21)6-4-24-3-5(6)7(17)18/h3-4H,1-2H3,(H,17,18)(H2,12,13,14,15,16,19). The number of methoxy groups -OCH3 is 2. The first kappa shape index (κ1) is 18.3. The molecule has 12 nitrogen and oxygen atoms in total. The molecule has 2 heterocycles. The van der Waals surface area contributed by atoms with Crippen molar-refractivity contribution in [3.8, 4) is 12.0 Å². The molecule has 0 saturated carbocycles. The summed E-state index contributed by atoms with van der Waals surface area (Å²) in [6, 6.07) is -1.55. The third kappa shape index (κ3) is 4.30. The molecule has 0 fully saturated rings.